The van der Waals surface area contributed by atoms with Crippen LogP contribution in [0.15, 0.2) is 0 Å². The van der Waals surface area contributed by atoms with Crippen LogP contribution in [0.5, 0.6) is 0 Å². The van der Waals surface area contributed by atoms with Crippen LogP contribution >= 0.6 is 0 Å². The Morgan fingerprint density at radius 1 is 1.44 bits per heavy atom. The van der Waals surface area contributed by atoms with Crippen LogP contribution in [0, 0.1) is 5.92 Å². The fourth-order valence-electron chi connectivity index (χ4n) is 1.17. The maximum Gasteiger partial charge on any atom is 0.326 e. The van der Waals surface area contributed by atoms with E-state index in [4.69, 9.17) is 15.9 Å². The number of hydrogen-bond acceptors (Lipinski definition) is 4. The lowest BCUT2D eigenvalue weighted by Crippen LogP contribution is -2.50. The van der Waals surface area contributed by atoms with Gasteiger partial charge in [-0.2, -0.15) is 0 Å². The fraction of sp³-hybridized carbons (Fsp3) is 0.800. The second kappa shape index (κ2) is 7.19. The molecule has 16 heavy (non-hydrogen) atoms. The molecule has 0 spiro atoms. The molecule has 5 N–H and O–H groups in total. The SMILES string of the molecule is CCC(C)[C@H](N)C(=O)NC(CCO)C(=O)O. The van der Waals surface area contributed by atoms with E-state index in [1.165, 1.54) is 0 Å². The highest BCUT2D eigenvalue weighted by atomic mass is 16.4. The van der Waals surface area contributed by atoms with Crippen molar-refractivity contribution in [3.8, 4) is 0 Å². The van der Waals surface area contributed by atoms with Crippen molar-refractivity contribution in [3.05, 3.63) is 0 Å². The molecule has 94 valence electrons. The number of carboxylic acids is 1. The fourth-order valence-corrected chi connectivity index (χ4v) is 1.17. The molecule has 6 heteroatoms. The molecule has 0 aromatic carbocycles. The molecule has 3 atom stereocenters. The zero-order chi connectivity index (χ0) is 12.7. The number of nitrogens with one attached hydrogen (secondary N) is 1. The number of carboxylic acid groups (broad SMARTS) is 1. The van der Waals surface area contributed by atoms with Gasteiger partial charge in [0, 0.05) is 13.0 Å². The number of carbonyl (C=O) groups excluding carboxylic acids is 1. The molecule has 0 aromatic heterocycles. The Kier molecular flexibility index (Phi) is 6.67. The molecule has 2 unspecified atom stereocenters. The van der Waals surface area contributed by atoms with E-state index in [9.17, 15) is 9.59 Å². The van der Waals surface area contributed by atoms with E-state index in [1.54, 1.807) is 0 Å². The normalized spacial score (nSPS) is 16.2. The van der Waals surface area contributed by atoms with Gasteiger partial charge in [0.2, 0.25) is 5.91 Å². The van der Waals surface area contributed by atoms with Gasteiger partial charge in [0.25, 0.3) is 0 Å². The summed E-state index contributed by atoms with van der Waals surface area (Å²) in [5.41, 5.74) is 5.65. The summed E-state index contributed by atoms with van der Waals surface area (Å²) < 4.78 is 0. The van der Waals surface area contributed by atoms with Gasteiger partial charge in [-0.1, -0.05) is 20.3 Å². The summed E-state index contributed by atoms with van der Waals surface area (Å²) in [5, 5.41) is 19.7. The number of aliphatic hydroxyl groups is 1. The van der Waals surface area contributed by atoms with Gasteiger partial charge in [-0.3, -0.25) is 4.79 Å². The van der Waals surface area contributed by atoms with E-state index < -0.39 is 24.0 Å². The predicted molar refractivity (Wildman–Crippen MR) is 58.7 cm³/mol. The lowest BCUT2D eigenvalue weighted by molar-refractivity contribution is -0.142. The molecule has 1 amide bonds. The topological polar surface area (TPSA) is 113 Å². The predicted octanol–water partition coefficient (Wildman–Crippen LogP) is -0.688. The molecule has 0 rings (SSSR count). The number of amides is 1. The number of rotatable bonds is 7. The van der Waals surface area contributed by atoms with Crippen molar-refractivity contribution in [2.45, 2.75) is 38.8 Å². The molecule has 0 bridgehead atoms. The first-order chi connectivity index (χ1) is 7.43. The van der Waals surface area contributed by atoms with Crippen LogP contribution in [-0.2, 0) is 9.59 Å². The Bertz CT molecular complexity index is 245. The van der Waals surface area contributed by atoms with Crippen LogP contribution in [0.3, 0.4) is 0 Å². The minimum absolute atomic E-state index is 0.0106. The maximum absolute atomic E-state index is 11.6. The van der Waals surface area contributed by atoms with Gasteiger partial charge in [0.05, 0.1) is 6.04 Å². The van der Waals surface area contributed by atoms with Crippen LogP contribution in [0.1, 0.15) is 26.7 Å². The van der Waals surface area contributed by atoms with Gasteiger partial charge in [0.1, 0.15) is 6.04 Å². The van der Waals surface area contributed by atoms with Crippen LogP contribution in [0.4, 0.5) is 0 Å². The first-order valence-corrected chi connectivity index (χ1v) is 5.33. The Balaban J connectivity index is 4.34. The van der Waals surface area contributed by atoms with Crippen LogP contribution in [0.25, 0.3) is 0 Å². The Hall–Kier alpha value is -1.14. The first kappa shape index (κ1) is 14.9. The van der Waals surface area contributed by atoms with Gasteiger partial charge in [-0.05, 0) is 5.92 Å². The zero-order valence-corrected chi connectivity index (χ0v) is 9.64. The summed E-state index contributed by atoms with van der Waals surface area (Å²) in [4.78, 5) is 22.3. The molecule has 6 nitrogen and oxygen atoms in total. The minimum Gasteiger partial charge on any atom is -0.480 e. The van der Waals surface area contributed by atoms with E-state index in [0.717, 1.165) is 6.42 Å². The minimum atomic E-state index is -1.17. The highest BCUT2D eigenvalue weighted by molar-refractivity contribution is 5.86. The van der Waals surface area contributed by atoms with E-state index in [1.807, 2.05) is 13.8 Å². The van der Waals surface area contributed by atoms with Crippen molar-refractivity contribution >= 4 is 11.9 Å². The number of hydrogen-bond donors (Lipinski definition) is 4. The molecule has 0 aliphatic rings. The summed E-state index contributed by atoms with van der Waals surface area (Å²) in [5.74, 6) is -1.67. The zero-order valence-electron chi connectivity index (χ0n) is 9.64. The molecule has 0 aromatic rings. The number of nitrogens with two attached hydrogens (primary N) is 1. The highest BCUT2D eigenvalue weighted by Crippen LogP contribution is 2.05. The van der Waals surface area contributed by atoms with Gasteiger partial charge in [-0.25, -0.2) is 4.79 Å². The van der Waals surface area contributed by atoms with Crippen molar-refractivity contribution in [1.29, 1.82) is 0 Å². The second-order valence-electron chi connectivity index (χ2n) is 3.82. The van der Waals surface area contributed by atoms with Gasteiger partial charge in [-0.15, -0.1) is 0 Å². The Morgan fingerprint density at radius 2 is 2.00 bits per heavy atom. The molecular weight excluding hydrogens is 212 g/mol. The third-order valence-electron chi connectivity index (χ3n) is 2.59. The molecule has 0 heterocycles. The molecular formula is C10H20N2O4. The Morgan fingerprint density at radius 3 is 2.38 bits per heavy atom. The van der Waals surface area contributed by atoms with Gasteiger partial charge in [0.15, 0.2) is 0 Å². The van der Waals surface area contributed by atoms with E-state index in [2.05, 4.69) is 5.32 Å². The van der Waals surface area contributed by atoms with E-state index in [-0.39, 0.29) is 18.9 Å². The summed E-state index contributed by atoms with van der Waals surface area (Å²) in [7, 11) is 0. The third kappa shape index (κ3) is 4.59. The maximum atomic E-state index is 11.6. The van der Waals surface area contributed by atoms with Crippen LogP contribution in [-0.4, -0.2) is 40.8 Å². The highest BCUT2D eigenvalue weighted by Gasteiger charge is 2.25. The quantitative estimate of drug-likeness (QED) is 0.464. The summed E-state index contributed by atoms with van der Waals surface area (Å²) >= 11 is 0. The monoisotopic (exact) mass is 232 g/mol. The van der Waals surface area contributed by atoms with Gasteiger partial charge >= 0.3 is 5.97 Å². The Labute approximate surface area is 94.8 Å². The second-order valence-corrected chi connectivity index (χ2v) is 3.82. The van der Waals surface area contributed by atoms with Crippen LogP contribution in [0.2, 0.25) is 0 Å². The smallest absolute Gasteiger partial charge is 0.326 e. The van der Waals surface area contributed by atoms with Crippen molar-refractivity contribution < 1.29 is 19.8 Å². The van der Waals surface area contributed by atoms with Crippen LogP contribution < -0.4 is 11.1 Å². The summed E-state index contributed by atoms with van der Waals surface area (Å²) in [6.45, 7) is 3.43. The van der Waals surface area contributed by atoms with E-state index >= 15 is 0 Å². The first-order valence-electron chi connectivity index (χ1n) is 5.33. The van der Waals surface area contributed by atoms with Gasteiger partial charge < -0.3 is 21.3 Å². The third-order valence-corrected chi connectivity index (χ3v) is 2.59. The van der Waals surface area contributed by atoms with Crippen molar-refractivity contribution in [3.63, 3.8) is 0 Å². The number of aliphatic hydroxyl groups excluding tert-OH is 1. The summed E-state index contributed by atoms with van der Waals surface area (Å²) in [6.07, 6.45) is 0.723. The summed E-state index contributed by atoms with van der Waals surface area (Å²) in [6, 6.07) is -1.79. The largest absolute Gasteiger partial charge is 0.480 e. The average Bonchev–Trinajstić information content (AvgIpc) is 2.25. The molecule has 0 radical (unpaired) electrons. The number of carbonyl (C=O) groups is 2. The van der Waals surface area contributed by atoms with Crippen molar-refractivity contribution in [2.75, 3.05) is 6.61 Å². The molecule has 0 fully saturated rings. The molecule has 0 saturated carbocycles. The lowest BCUT2D eigenvalue weighted by atomic mass is 9.99. The molecule has 0 aliphatic carbocycles. The average molecular weight is 232 g/mol. The molecule has 0 aliphatic heterocycles. The van der Waals surface area contributed by atoms with E-state index in [0.29, 0.717) is 0 Å². The lowest BCUT2D eigenvalue weighted by Gasteiger charge is -2.20. The standard InChI is InChI=1S/C10H20N2O4/c1-3-6(2)8(11)9(14)12-7(4-5-13)10(15)16/h6-8,13H,3-5,11H2,1-2H3,(H,12,14)(H,15,16)/t6?,7?,8-/m0/s1. The van der Waals surface area contributed by atoms with Crippen molar-refractivity contribution in [2.24, 2.45) is 11.7 Å². The number of aliphatic carboxylic acids is 1. The van der Waals surface area contributed by atoms with Crippen molar-refractivity contribution in [1.82, 2.24) is 5.32 Å². The molecule has 0 saturated heterocycles.